The zero-order chi connectivity index (χ0) is 52.7. The highest BCUT2D eigenvalue weighted by atomic mass is 35.5. The molecule has 5 aromatic rings. The van der Waals surface area contributed by atoms with Gasteiger partial charge in [-0.05, 0) is 122 Å². The number of likely N-dealkylation sites (N-methyl/N-ethyl adjacent to an activating group) is 1. The number of hydrogen-bond donors (Lipinski definition) is 9. The number of hydrogen-bond acceptors (Lipinski definition) is 11. The number of aromatic nitrogens is 3. The van der Waals surface area contributed by atoms with Gasteiger partial charge in [-0.1, -0.05) is 48.4 Å². The molecule has 2 saturated heterocycles. The molecule has 394 valence electrons. The van der Waals surface area contributed by atoms with E-state index in [2.05, 4.69) is 57.5 Å². The molecular formula is C54H69ClN12O6S. The van der Waals surface area contributed by atoms with E-state index in [1.54, 1.807) is 54.7 Å². The maximum atomic E-state index is 13.2. The van der Waals surface area contributed by atoms with Crippen LogP contribution in [-0.4, -0.2) is 124 Å². The molecule has 7 rings (SSSR count). The Kier molecular flexibility index (Phi) is 19.4. The topological polar surface area (TPSA) is 236 Å². The Hall–Kier alpha value is -6.67. The number of H-pyrrole nitrogens is 1. The average molecular weight is 1050 g/mol. The summed E-state index contributed by atoms with van der Waals surface area (Å²) in [5.74, 6) is 0.701. The molecule has 2 fully saturated rings. The summed E-state index contributed by atoms with van der Waals surface area (Å²) in [6.07, 6.45) is 11.9. The summed E-state index contributed by atoms with van der Waals surface area (Å²) in [7, 11) is 1.94. The Balaban J connectivity index is 0.713. The summed E-state index contributed by atoms with van der Waals surface area (Å²) in [6.45, 7) is 10.6. The first-order valence-electron chi connectivity index (χ1n) is 25.2. The van der Waals surface area contributed by atoms with Gasteiger partial charge < -0.3 is 57.2 Å². The van der Waals surface area contributed by atoms with Crippen LogP contribution >= 0.6 is 23.4 Å². The molecule has 2 aromatic heterocycles. The number of aromatic amines is 1. The number of nitrogens with zero attached hydrogens (tertiary/aromatic N) is 3. The van der Waals surface area contributed by atoms with Crippen molar-refractivity contribution in [2.75, 3.05) is 61.5 Å². The molecule has 18 nitrogen and oxygen atoms in total. The molecular weight excluding hydrogens is 980 g/mol. The van der Waals surface area contributed by atoms with Crippen LogP contribution in [0.15, 0.2) is 97.3 Å². The van der Waals surface area contributed by atoms with E-state index in [4.69, 9.17) is 16.3 Å². The van der Waals surface area contributed by atoms with Gasteiger partial charge in [0.05, 0.1) is 34.6 Å². The maximum Gasteiger partial charge on any atom is 0.315 e. The second-order valence-electron chi connectivity index (χ2n) is 20.0. The van der Waals surface area contributed by atoms with Gasteiger partial charge in [-0.15, -0.1) is 0 Å². The summed E-state index contributed by atoms with van der Waals surface area (Å²) in [5.41, 5.74) is 3.72. The first-order valence-corrected chi connectivity index (χ1v) is 26.6. The molecule has 2 aliphatic rings. The molecule has 0 radical (unpaired) electrons. The summed E-state index contributed by atoms with van der Waals surface area (Å²) in [6, 6.07) is 21.8. The molecule has 2 aliphatic heterocycles. The lowest BCUT2D eigenvalue weighted by atomic mass is 9.99. The molecule has 0 spiro atoms. The lowest BCUT2D eigenvalue weighted by Gasteiger charge is -2.30. The molecule has 0 aliphatic carbocycles. The number of fused-ring (bicyclic) bond motifs is 2. The van der Waals surface area contributed by atoms with E-state index in [9.17, 15) is 24.0 Å². The highest BCUT2D eigenvalue weighted by Gasteiger charge is 2.42. The number of ether oxygens (including phenoxy) is 1. The van der Waals surface area contributed by atoms with Gasteiger partial charge in [-0.3, -0.25) is 14.4 Å². The minimum absolute atomic E-state index is 0.0336. The van der Waals surface area contributed by atoms with E-state index >= 15 is 0 Å². The third kappa shape index (κ3) is 16.7. The van der Waals surface area contributed by atoms with Gasteiger partial charge in [0.25, 0.3) is 5.91 Å². The Morgan fingerprint density at radius 2 is 1.69 bits per heavy atom. The van der Waals surface area contributed by atoms with Crippen LogP contribution in [-0.2, 0) is 14.3 Å². The minimum Gasteiger partial charge on any atom is -0.375 e. The van der Waals surface area contributed by atoms with E-state index in [1.807, 2.05) is 87.9 Å². The van der Waals surface area contributed by atoms with Crippen molar-refractivity contribution in [2.24, 2.45) is 0 Å². The molecule has 0 saturated carbocycles. The zero-order valence-corrected chi connectivity index (χ0v) is 44.3. The number of urea groups is 2. The predicted octanol–water partition coefficient (Wildman–Crippen LogP) is 8.59. The molecule has 3 atom stereocenters. The molecule has 20 heteroatoms. The van der Waals surface area contributed by atoms with E-state index in [1.165, 1.54) is 6.08 Å². The largest absolute Gasteiger partial charge is 0.375 e. The van der Waals surface area contributed by atoms with Gasteiger partial charge in [0, 0.05) is 101 Å². The van der Waals surface area contributed by atoms with Gasteiger partial charge in [0.1, 0.15) is 0 Å². The summed E-state index contributed by atoms with van der Waals surface area (Å²) in [5, 5.41) is 25.7. The highest BCUT2D eigenvalue weighted by molar-refractivity contribution is 8.00. The first kappa shape index (κ1) is 55.1. The average Bonchev–Trinajstić information content (AvgIpc) is 4.06. The second kappa shape index (κ2) is 26.0. The van der Waals surface area contributed by atoms with Crippen LogP contribution < -0.4 is 42.5 Å². The van der Waals surface area contributed by atoms with Crippen LogP contribution in [0.4, 0.5) is 32.6 Å². The number of benzene rings is 3. The highest BCUT2D eigenvalue weighted by Crippen LogP contribution is 2.34. The molecule has 4 heterocycles. The van der Waals surface area contributed by atoms with Crippen LogP contribution in [0.5, 0.6) is 0 Å². The van der Waals surface area contributed by atoms with Crippen molar-refractivity contribution in [3.63, 3.8) is 0 Å². The number of rotatable bonds is 26. The van der Waals surface area contributed by atoms with Crippen molar-refractivity contribution >= 4 is 87.1 Å². The summed E-state index contributed by atoms with van der Waals surface area (Å²) < 4.78 is 6.17. The quantitative estimate of drug-likeness (QED) is 0.0145. The number of amides is 7. The van der Waals surface area contributed by atoms with Gasteiger partial charge in [-0.25, -0.2) is 19.6 Å². The molecule has 7 amide bonds. The maximum absolute atomic E-state index is 13.2. The normalized spacial score (nSPS) is 16.4. The minimum atomic E-state index is -0.465. The van der Waals surface area contributed by atoms with E-state index in [-0.39, 0.29) is 41.9 Å². The van der Waals surface area contributed by atoms with Crippen LogP contribution in [0.2, 0.25) is 5.02 Å². The smallest absolute Gasteiger partial charge is 0.315 e. The summed E-state index contributed by atoms with van der Waals surface area (Å²) >= 11 is 8.41. The number of halogens is 1. The van der Waals surface area contributed by atoms with Crippen molar-refractivity contribution in [3.8, 4) is 11.3 Å². The third-order valence-corrected chi connectivity index (χ3v) is 14.6. The summed E-state index contributed by atoms with van der Waals surface area (Å²) in [4.78, 5) is 77.0. The van der Waals surface area contributed by atoms with Crippen LogP contribution in [0.25, 0.3) is 22.2 Å². The molecule has 0 bridgehead atoms. The number of thioether (sulfide) groups is 1. The predicted molar refractivity (Wildman–Crippen MR) is 295 cm³/mol. The monoisotopic (exact) mass is 1050 g/mol. The fourth-order valence-corrected chi connectivity index (χ4v) is 10.5. The Bertz CT molecular complexity index is 2770. The van der Waals surface area contributed by atoms with Gasteiger partial charge in [-0.2, -0.15) is 11.8 Å². The van der Waals surface area contributed by atoms with Crippen LogP contribution in [0, 0.1) is 0 Å². The zero-order valence-electron chi connectivity index (χ0n) is 42.7. The second-order valence-corrected chi connectivity index (χ2v) is 21.7. The van der Waals surface area contributed by atoms with Crippen molar-refractivity contribution < 1.29 is 28.7 Å². The number of unbranched alkanes of at least 4 members (excludes halogenated alkanes) is 1. The molecule has 3 unspecified atom stereocenters. The SMILES string of the molecule is CN(CC=CC(=O)Nc1ccc(C(=O)Nc2cccc(Nc3ncc(Cl)c(-c4c[nH]c5ccccc45)n3)c2)cc1)CCCNC(=O)NCCC(C)(C)OCCC(C)(C)NC(=O)CCCCC1SCC2NC(=O)NC21. The Labute approximate surface area is 442 Å². The van der Waals surface area contributed by atoms with Gasteiger partial charge >= 0.3 is 12.1 Å². The molecule has 9 N–H and O–H groups in total. The lowest BCUT2D eigenvalue weighted by Crippen LogP contribution is -2.45. The van der Waals surface area contributed by atoms with Crippen molar-refractivity contribution in [1.82, 2.24) is 46.4 Å². The van der Waals surface area contributed by atoms with Crippen molar-refractivity contribution in [1.29, 1.82) is 0 Å². The number of carbonyl (C=O) groups excluding carboxylic acids is 5. The number of anilines is 4. The fourth-order valence-electron chi connectivity index (χ4n) is 8.73. The number of para-hydroxylation sites is 1. The van der Waals surface area contributed by atoms with Crippen LogP contribution in [0.3, 0.4) is 0 Å². The first-order chi connectivity index (χ1) is 35.5. The van der Waals surface area contributed by atoms with E-state index in [0.717, 1.165) is 47.9 Å². The number of nitrogens with one attached hydrogen (secondary N) is 9. The lowest BCUT2D eigenvalue weighted by molar-refractivity contribution is -0.123. The van der Waals surface area contributed by atoms with E-state index in [0.29, 0.717) is 96.6 Å². The Morgan fingerprint density at radius 1 is 0.905 bits per heavy atom. The molecule has 3 aromatic carbocycles. The van der Waals surface area contributed by atoms with Gasteiger partial charge in [0.2, 0.25) is 17.8 Å². The fraction of sp³-hybridized carbons (Fsp3) is 0.426. The third-order valence-electron chi connectivity index (χ3n) is 12.9. The molecule has 74 heavy (non-hydrogen) atoms. The van der Waals surface area contributed by atoms with Crippen molar-refractivity contribution in [2.45, 2.75) is 101 Å². The number of carbonyl (C=O) groups is 5. The van der Waals surface area contributed by atoms with E-state index < -0.39 is 11.1 Å². The van der Waals surface area contributed by atoms with Crippen LogP contribution in [0.1, 0.15) is 83.0 Å². The Morgan fingerprint density at radius 3 is 2.51 bits per heavy atom. The standard InChI is InChI=1S/C54H69ClN12O6S/c1-53(2,66-46(69)18-9-8-17-44-48-43(34-74-44)63-52(72)65-48)25-30-73-54(3,4)24-27-57-51(71)56-26-12-29-67(5)28-11-19-45(68)60-36-22-20-35(21-23-36)49(70)61-37-13-10-14-38(31-37)62-50-59-33-41(55)47(64-50)40-32-58-42-16-7-6-15-39(40)42/h6-7,10-11,13-16,19-23,31-33,43-44,48,58H,8-9,12,17-18,24-30,34H2,1-5H3,(H,60,68)(H,61,70)(H,66,69)(H2,56,57,71)(H,59,62,64)(H2,63,65,72). The van der Waals surface area contributed by atoms with Crippen molar-refractivity contribution in [3.05, 3.63) is 108 Å². The van der Waals surface area contributed by atoms with Gasteiger partial charge in [0.15, 0.2) is 0 Å².